The van der Waals surface area contributed by atoms with E-state index in [4.69, 9.17) is 0 Å². The Kier molecular flexibility index (Phi) is 5.16. The van der Waals surface area contributed by atoms with Gasteiger partial charge >= 0.3 is 0 Å². The molecule has 0 saturated heterocycles. The molecule has 3 heteroatoms. The van der Waals surface area contributed by atoms with Crippen molar-refractivity contribution in [2.75, 3.05) is 0 Å². The van der Waals surface area contributed by atoms with E-state index < -0.39 is 0 Å². The molecule has 2 aromatic rings. The maximum absolute atomic E-state index is 4.19. The van der Waals surface area contributed by atoms with Crippen LogP contribution in [0.15, 0.2) is 42.9 Å². The van der Waals surface area contributed by atoms with Gasteiger partial charge in [-0.2, -0.15) is 0 Å². The molecule has 1 aromatic heterocycles. The average Bonchev–Trinajstić information content (AvgIpc) is 2.91. The molecule has 102 valence electrons. The summed E-state index contributed by atoms with van der Waals surface area (Å²) < 4.78 is 2.18. The molecular formula is C16H23N3. The molecule has 1 heterocycles. The fourth-order valence-corrected chi connectivity index (χ4v) is 2.19. The Balaban J connectivity index is 1.74. The van der Waals surface area contributed by atoms with E-state index in [2.05, 4.69) is 59.0 Å². The topological polar surface area (TPSA) is 29.9 Å². The normalized spacial score (nSPS) is 12.5. The lowest BCUT2D eigenvalue weighted by Gasteiger charge is -2.14. The summed E-state index contributed by atoms with van der Waals surface area (Å²) in [5.74, 6) is 0. The van der Waals surface area contributed by atoms with Crippen molar-refractivity contribution >= 4 is 0 Å². The van der Waals surface area contributed by atoms with Gasteiger partial charge < -0.3 is 9.88 Å². The molecule has 0 radical (unpaired) electrons. The molecular weight excluding hydrogens is 234 g/mol. The summed E-state index contributed by atoms with van der Waals surface area (Å²) in [5.41, 5.74) is 2.67. The van der Waals surface area contributed by atoms with Crippen LogP contribution in [-0.4, -0.2) is 15.6 Å². The van der Waals surface area contributed by atoms with Gasteiger partial charge in [-0.05, 0) is 32.3 Å². The van der Waals surface area contributed by atoms with E-state index in [0.717, 1.165) is 25.9 Å². The van der Waals surface area contributed by atoms with Gasteiger partial charge in [0.25, 0.3) is 0 Å². The number of nitrogens with one attached hydrogen (secondary N) is 1. The van der Waals surface area contributed by atoms with Crippen molar-refractivity contribution in [1.29, 1.82) is 0 Å². The van der Waals surface area contributed by atoms with Crippen molar-refractivity contribution in [3.63, 3.8) is 0 Å². The minimum absolute atomic E-state index is 0.514. The van der Waals surface area contributed by atoms with E-state index in [1.54, 1.807) is 0 Å². The van der Waals surface area contributed by atoms with Crippen LogP contribution in [0, 0.1) is 0 Å². The van der Waals surface area contributed by atoms with Gasteiger partial charge in [-0.3, -0.25) is 0 Å². The van der Waals surface area contributed by atoms with Gasteiger partial charge in [-0.1, -0.05) is 30.3 Å². The summed E-state index contributed by atoms with van der Waals surface area (Å²) in [4.78, 5) is 4.19. The van der Waals surface area contributed by atoms with Crippen molar-refractivity contribution in [3.05, 3.63) is 54.1 Å². The first-order chi connectivity index (χ1) is 9.29. The maximum Gasteiger partial charge on any atom is 0.0948 e. The molecule has 0 aliphatic carbocycles. The SMILES string of the molecule is CCn1cncc1CNC(C)CCc1ccccc1. The van der Waals surface area contributed by atoms with E-state index in [9.17, 15) is 0 Å². The number of aromatic nitrogens is 2. The van der Waals surface area contributed by atoms with Gasteiger partial charge in [0.1, 0.15) is 0 Å². The molecule has 3 nitrogen and oxygen atoms in total. The van der Waals surface area contributed by atoms with Crippen LogP contribution in [0.2, 0.25) is 0 Å². The number of aryl methyl sites for hydroxylation is 2. The number of nitrogens with zero attached hydrogens (tertiary/aromatic N) is 2. The Morgan fingerprint density at radius 1 is 1.26 bits per heavy atom. The zero-order valence-corrected chi connectivity index (χ0v) is 11.8. The second kappa shape index (κ2) is 7.10. The third-order valence-electron chi connectivity index (χ3n) is 3.48. The summed E-state index contributed by atoms with van der Waals surface area (Å²) in [6.07, 6.45) is 6.12. The molecule has 0 aliphatic rings. The minimum Gasteiger partial charge on any atom is -0.334 e. The smallest absolute Gasteiger partial charge is 0.0948 e. The van der Waals surface area contributed by atoms with E-state index in [0.29, 0.717) is 6.04 Å². The number of hydrogen-bond acceptors (Lipinski definition) is 2. The minimum atomic E-state index is 0.514. The monoisotopic (exact) mass is 257 g/mol. The zero-order chi connectivity index (χ0) is 13.5. The molecule has 1 unspecified atom stereocenters. The standard InChI is InChI=1S/C16H23N3/c1-3-19-13-17-11-16(19)12-18-14(2)9-10-15-7-5-4-6-8-15/h4-8,11,13-14,18H,3,9-10,12H2,1-2H3. The van der Waals surface area contributed by atoms with Gasteiger partial charge in [0.05, 0.1) is 12.0 Å². The molecule has 0 bridgehead atoms. The molecule has 1 aromatic carbocycles. The lowest BCUT2D eigenvalue weighted by atomic mass is 10.1. The van der Waals surface area contributed by atoms with Crippen LogP contribution < -0.4 is 5.32 Å². The fraction of sp³-hybridized carbons (Fsp3) is 0.438. The van der Waals surface area contributed by atoms with E-state index in [1.165, 1.54) is 11.3 Å². The van der Waals surface area contributed by atoms with Gasteiger partial charge in [-0.15, -0.1) is 0 Å². The van der Waals surface area contributed by atoms with E-state index >= 15 is 0 Å². The lowest BCUT2D eigenvalue weighted by molar-refractivity contribution is 0.500. The summed E-state index contributed by atoms with van der Waals surface area (Å²) in [6.45, 7) is 6.26. The van der Waals surface area contributed by atoms with Gasteiger partial charge in [0.2, 0.25) is 0 Å². The van der Waals surface area contributed by atoms with Crippen LogP contribution in [0.25, 0.3) is 0 Å². The van der Waals surface area contributed by atoms with Crippen LogP contribution in [0.5, 0.6) is 0 Å². The number of hydrogen-bond donors (Lipinski definition) is 1. The Labute approximate surface area is 115 Å². The summed E-state index contributed by atoms with van der Waals surface area (Å²) in [5, 5.41) is 3.57. The molecule has 2 rings (SSSR count). The number of imidazole rings is 1. The third-order valence-corrected chi connectivity index (χ3v) is 3.48. The highest BCUT2D eigenvalue weighted by Gasteiger charge is 2.04. The Bertz CT molecular complexity index is 476. The van der Waals surface area contributed by atoms with Crippen molar-refractivity contribution < 1.29 is 0 Å². The molecule has 0 saturated carbocycles. The van der Waals surface area contributed by atoms with Crippen molar-refractivity contribution in [2.45, 2.75) is 45.8 Å². The molecule has 19 heavy (non-hydrogen) atoms. The summed E-state index contributed by atoms with van der Waals surface area (Å²) >= 11 is 0. The first-order valence-electron chi connectivity index (χ1n) is 7.06. The molecule has 1 atom stereocenters. The van der Waals surface area contributed by atoms with Crippen LogP contribution in [0.3, 0.4) is 0 Å². The largest absolute Gasteiger partial charge is 0.334 e. The van der Waals surface area contributed by atoms with Crippen LogP contribution in [0.4, 0.5) is 0 Å². The number of benzene rings is 1. The predicted molar refractivity (Wildman–Crippen MR) is 79.0 cm³/mol. The Hall–Kier alpha value is -1.61. The van der Waals surface area contributed by atoms with Crippen molar-refractivity contribution in [2.24, 2.45) is 0 Å². The second-order valence-electron chi connectivity index (χ2n) is 4.98. The quantitative estimate of drug-likeness (QED) is 0.826. The van der Waals surface area contributed by atoms with Gasteiger partial charge in [0.15, 0.2) is 0 Å². The fourth-order valence-electron chi connectivity index (χ4n) is 2.19. The highest BCUT2D eigenvalue weighted by Crippen LogP contribution is 2.06. The third kappa shape index (κ3) is 4.21. The maximum atomic E-state index is 4.19. The summed E-state index contributed by atoms with van der Waals surface area (Å²) in [7, 11) is 0. The van der Waals surface area contributed by atoms with Crippen molar-refractivity contribution in [3.8, 4) is 0 Å². The zero-order valence-electron chi connectivity index (χ0n) is 11.8. The first-order valence-corrected chi connectivity index (χ1v) is 7.06. The van der Waals surface area contributed by atoms with Crippen LogP contribution >= 0.6 is 0 Å². The molecule has 0 spiro atoms. The van der Waals surface area contributed by atoms with Crippen LogP contribution in [-0.2, 0) is 19.5 Å². The lowest BCUT2D eigenvalue weighted by Crippen LogP contribution is -2.27. The highest BCUT2D eigenvalue weighted by atomic mass is 15.1. The van der Waals surface area contributed by atoms with Gasteiger partial charge in [0, 0.05) is 25.3 Å². The Morgan fingerprint density at radius 2 is 2.05 bits per heavy atom. The van der Waals surface area contributed by atoms with Crippen molar-refractivity contribution in [1.82, 2.24) is 14.9 Å². The molecule has 0 fully saturated rings. The predicted octanol–water partition coefficient (Wildman–Crippen LogP) is 3.01. The second-order valence-corrected chi connectivity index (χ2v) is 4.98. The average molecular weight is 257 g/mol. The van der Waals surface area contributed by atoms with E-state index in [-0.39, 0.29) is 0 Å². The Morgan fingerprint density at radius 3 is 2.79 bits per heavy atom. The van der Waals surface area contributed by atoms with Gasteiger partial charge in [-0.25, -0.2) is 4.98 Å². The molecule has 1 N–H and O–H groups in total. The number of rotatable bonds is 7. The molecule has 0 aliphatic heterocycles. The molecule has 0 amide bonds. The summed E-state index contributed by atoms with van der Waals surface area (Å²) in [6, 6.07) is 11.2. The van der Waals surface area contributed by atoms with E-state index in [1.807, 2.05) is 12.5 Å². The van der Waals surface area contributed by atoms with Crippen LogP contribution in [0.1, 0.15) is 31.5 Å². The first kappa shape index (κ1) is 13.8. The highest BCUT2D eigenvalue weighted by molar-refractivity contribution is 5.14.